The van der Waals surface area contributed by atoms with E-state index in [1.165, 1.54) is 37.1 Å². The summed E-state index contributed by atoms with van der Waals surface area (Å²) >= 11 is 0. The van der Waals surface area contributed by atoms with Gasteiger partial charge in [-0.25, -0.2) is 0 Å². The van der Waals surface area contributed by atoms with Crippen molar-refractivity contribution in [1.82, 2.24) is 4.90 Å². The molecule has 1 aromatic carbocycles. The molecule has 2 aromatic rings. The zero-order chi connectivity index (χ0) is 13.3. The molecule has 20 heavy (non-hydrogen) atoms. The largest absolute Gasteiger partial charge is 0.508 e. The molecule has 0 radical (unpaired) electrons. The molecule has 1 aromatic heterocycles. The highest BCUT2D eigenvalue weighted by Crippen LogP contribution is 2.49. The van der Waals surface area contributed by atoms with E-state index in [2.05, 4.69) is 4.90 Å². The van der Waals surface area contributed by atoms with E-state index >= 15 is 0 Å². The van der Waals surface area contributed by atoms with Gasteiger partial charge in [0.1, 0.15) is 17.1 Å². The number of phenols is 1. The van der Waals surface area contributed by atoms with Crippen LogP contribution in [0.15, 0.2) is 22.6 Å². The van der Waals surface area contributed by atoms with Crippen LogP contribution in [0.5, 0.6) is 5.75 Å². The average molecular weight is 269 g/mol. The molecular formula is C17H19NO2. The third-order valence-electron chi connectivity index (χ3n) is 5.68. The Bertz CT molecular complexity index is 690. The number of phenolic OH excluding ortho intramolecular Hbond substituents is 1. The number of hydrogen-bond donors (Lipinski definition) is 1. The van der Waals surface area contributed by atoms with Crippen LogP contribution < -0.4 is 0 Å². The van der Waals surface area contributed by atoms with Gasteiger partial charge in [0.2, 0.25) is 0 Å². The standard InChI is InChI=1S/C17H19NO2/c19-11-2-4-16-13(8-11)12-5-6-18-9-10-1-3-15(18)14(7-10)17(12)20-16/h2,4,8,10,14-15,19H,1,3,5-7,9H2. The van der Waals surface area contributed by atoms with Crippen LogP contribution >= 0.6 is 0 Å². The molecule has 1 N–H and O–H groups in total. The monoisotopic (exact) mass is 269 g/mol. The molecule has 4 heterocycles. The van der Waals surface area contributed by atoms with Gasteiger partial charge in [0.05, 0.1) is 0 Å². The molecule has 3 aliphatic heterocycles. The summed E-state index contributed by atoms with van der Waals surface area (Å²) in [6.45, 7) is 2.43. The van der Waals surface area contributed by atoms with Gasteiger partial charge in [0.25, 0.3) is 0 Å². The molecule has 6 rings (SSSR count). The Hall–Kier alpha value is -1.48. The van der Waals surface area contributed by atoms with Gasteiger partial charge in [-0.2, -0.15) is 0 Å². The maximum absolute atomic E-state index is 9.76. The highest BCUT2D eigenvalue weighted by Gasteiger charge is 2.45. The van der Waals surface area contributed by atoms with Crippen molar-refractivity contribution in [3.63, 3.8) is 0 Å². The fourth-order valence-electron chi connectivity index (χ4n) is 4.82. The Kier molecular flexibility index (Phi) is 2.12. The fraction of sp³-hybridized carbons (Fsp3) is 0.529. The second kappa shape index (κ2) is 3.79. The molecule has 4 bridgehead atoms. The highest BCUT2D eigenvalue weighted by atomic mass is 16.3. The van der Waals surface area contributed by atoms with Gasteiger partial charge >= 0.3 is 0 Å². The maximum atomic E-state index is 9.76. The lowest BCUT2D eigenvalue weighted by Crippen LogP contribution is -2.51. The first kappa shape index (κ1) is 11.2. The van der Waals surface area contributed by atoms with Crippen molar-refractivity contribution in [2.45, 2.75) is 37.6 Å². The van der Waals surface area contributed by atoms with Crippen LogP contribution in [0.4, 0.5) is 0 Å². The van der Waals surface area contributed by atoms with Gasteiger partial charge in [-0.3, -0.25) is 4.90 Å². The first-order chi connectivity index (χ1) is 9.79. The SMILES string of the molecule is Oc1ccc2oc3c(c2c1)CCN1CC2CCC1C3C2. The molecule has 4 unspecified atom stereocenters. The van der Waals surface area contributed by atoms with Gasteiger partial charge < -0.3 is 9.52 Å². The third kappa shape index (κ3) is 1.39. The van der Waals surface area contributed by atoms with Crippen molar-refractivity contribution < 1.29 is 9.52 Å². The van der Waals surface area contributed by atoms with Crippen molar-refractivity contribution in [2.24, 2.45) is 5.92 Å². The van der Waals surface area contributed by atoms with Crippen LogP contribution in [0.1, 0.15) is 36.5 Å². The molecule has 1 saturated carbocycles. The number of benzene rings is 1. The Morgan fingerprint density at radius 2 is 2.20 bits per heavy atom. The number of aromatic hydroxyl groups is 1. The molecule has 104 valence electrons. The lowest BCUT2D eigenvalue weighted by atomic mass is 9.72. The zero-order valence-corrected chi connectivity index (χ0v) is 11.5. The van der Waals surface area contributed by atoms with Crippen LogP contribution in [-0.2, 0) is 6.42 Å². The normalized spacial score (nSPS) is 35.0. The Labute approximate surface area is 118 Å². The Morgan fingerprint density at radius 3 is 3.10 bits per heavy atom. The van der Waals surface area contributed by atoms with Gasteiger partial charge in [-0.1, -0.05) is 0 Å². The lowest BCUT2D eigenvalue weighted by molar-refractivity contribution is 0.0307. The number of rotatable bonds is 0. The molecular weight excluding hydrogens is 250 g/mol. The molecule has 3 heteroatoms. The second-order valence-corrected chi connectivity index (χ2v) is 6.72. The predicted octanol–water partition coefficient (Wildman–Crippen LogP) is 3.26. The molecule has 1 aliphatic carbocycles. The number of hydrogen-bond acceptors (Lipinski definition) is 3. The lowest BCUT2D eigenvalue weighted by Gasteiger charge is -2.48. The minimum atomic E-state index is 0.343. The van der Waals surface area contributed by atoms with Crippen molar-refractivity contribution in [3.05, 3.63) is 29.5 Å². The summed E-state index contributed by atoms with van der Waals surface area (Å²) in [4.78, 5) is 2.69. The maximum Gasteiger partial charge on any atom is 0.134 e. The van der Waals surface area contributed by atoms with Crippen LogP contribution in [-0.4, -0.2) is 29.1 Å². The summed E-state index contributed by atoms with van der Waals surface area (Å²) in [7, 11) is 0. The summed E-state index contributed by atoms with van der Waals surface area (Å²) < 4.78 is 6.23. The molecule has 0 spiro atoms. The van der Waals surface area contributed by atoms with E-state index < -0.39 is 0 Å². The molecule has 3 fully saturated rings. The van der Waals surface area contributed by atoms with E-state index in [9.17, 15) is 5.11 Å². The van der Waals surface area contributed by atoms with E-state index in [-0.39, 0.29) is 0 Å². The minimum Gasteiger partial charge on any atom is -0.508 e. The highest BCUT2D eigenvalue weighted by molar-refractivity contribution is 5.84. The van der Waals surface area contributed by atoms with Crippen molar-refractivity contribution in [3.8, 4) is 5.75 Å². The van der Waals surface area contributed by atoms with Crippen LogP contribution in [0.25, 0.3) is 11.0 Å². The van der Waals surface area contributed by atoms with Crippen molar-refractivity contribution in [2.75, 3.05) is 13.1 Å². The zero-order valence-electron chi connectivity index (χ0n) is 11.5. The number of furan rings is 1. The molecule has 4 aliphatic rings. The van der Waals surface area contributed by atoms with E-state index in [1.54, 1.807) is 6.07 Å². The minimum absolute atomic E-state index is 0.343. The molecule has 4 atom stereocenters. The number of piperidine rings is 2. The van der Waals surface area contributed by atoms with E-state index in [0.717, 1.165) is 29.9 Å². The van der Waals surface area contributed by atoms with Crippen LogP contribution in [0.3, 0.4) is 0 Å². The van der Waals surface area contributed by atoms with Gasteiger partial charge in [0, 0.05) is 36.0 Å². The average Bonchev–Trinajstić information content (AvgIpc) is 2.78. The fourth-order valence-corrected chi connectivity index (χ4v) is 4.82. The third-order valence-corrected chi connectivity index (χ3v) is 5.68. The summed E-state index contributed by atoms with van der Waals surface area (Å²) in [6.07, 6.45) is 5.08. The quantitative estimate of drug-likeness (QED) is 0.797. The molecule has 2 saturated heterocycles. The van der Waals surface area contributed by atoms with E-state index in [1.807, 2.05) is 12.1 Å². The Morgan fingerprint density at radius 1 is 1.25 bits per heavy atom. The Balaban J connectivity index is 1.72. The predicted molar refractivity (Wildman–Crippen MR) is 77.0 cm³/mol. The van der Waals surface area contributed by atoms with Crippen molar-refractivity contribution >= 4 is 11.0 Å². The number of fused-ring (bicyclic) bond motifs is 4. The second-order valence-electron chi connectivity index (χ2n) is 6.72. The number of nitrogens with zero attached hydrogens (tertiary/aromatic N) is 1. The van der Waals surface area contributed by atoms with Gasteiger partial charge in [0.15, 0.2) is 0 Å². The summed E-state index contributed by atoms with van der Waals surface area (Å²) in [5.41, 5.74) is 2.30. The topological polar surface area (TPSA) is 36.6 Å². The van der Waals surface area contributed by atoms with Crippen LogP contribution in [0, 0.1) is 5.92 Å². The van der Waals surface area contributed by atoms with Crippen molar-refractivity contribution in [1.29, 1.82) is 0 Å². The van der Waals surface area contributed by atoms with E-state index in [0.29, 0.717) is 17.7 Å². The van der Waals surface area contributed by atoms with E-state index in [4.69, 9.17) is 4.42 Å². The summed E-state index contributed by atoms with van der Waals surface area (Å²) in [6, 6.07) is 6.21. The summed E-state index contributed by atoms with van der Waals surface area (Å²) in [5, 5.41) is 10.9. The summed E-state index contributed by atoms with van der Waals surface area (Å²) in [5.74, 6) is 3.00. The van der Waals surface area contributed by atoms with Gasteiger partial charge in [-0.05, 0) is 49.8 Å². The molecule has 0 amide bonds. The van der Waals surface area contributed by atoms with Crippen LogP contribution in [0.2, 0.25) is 0 Å². The molecule has 3 nitrogen and oxygen atoms in total. The van der Waals surface area contributed by atoms with Gasteiger partial charge in [-0.15, -0.1) is 0 Å². The smallest absolute Gasteiger partial charge is 0.134 e. The first-order valence-corrected chi connectivity index (χ1v) is 7.78. The first-order valence-electron chi connectivity index (χ1n) is 7.78.